The molecule has 10 heavy (non-hydrogen) atoms. The molecule has 0 aromatic rings. The van der Waals surface area contributed by atoms with Crippen LogP contribution >= 0.6 is 0 Å². The molecule has 0 radical (unpaired) electrons. The average Bonchev–Trinajstić information content (AvgIpc) is 2.40. The Morgan fingerprint density at radius 3 is 2.70 bits per heavy atom. The van der Waals surface area contributed by atoms with Crippen molar-refractivity contribution in [2.45, 2.75) is 18.8 Å². The van der Waals surface area contributed by atoms with Crippen molar-refractivity contribution < 1.29 is 14.3 Å². The average molecular weight is 145 g/mol. The molecule has 1 saturated heterocycles. The molecule has 1 aliphatic rings. The van der Waals surface area contributed by atoms with Crippen LogP contribution < -0.4 is 5.73 Å². The lowest BCUT2D eigenvalue weighted by molar-refractivity contribution is -0.111. The van der Waals surface area contributed by atoms with Gasteiger partial charge in [-0.2, -0.15) is 0 Å². The molecule has 4 heteroatoms. The van der Waals surface area contributed by atoms with Crippen molar-refractivity contribution in [2.24, 2.45) is 5.73 Å². The Morgan fingerprint density at radius 1 is 1.60 bits per heavy atom. The monoisotopic (exact) mass is 145 g/mol. The Bertz CT molecular complexity index is 112. The fourth-order valence-corrected chi connectivity index (χ4v) is 0.821. The Labute approximate surface area is 59.3 Å². The molecular formula is C6H11NO3. The summed E-state index contributed by atoms with van der Waals surface area (Å²) in [4.78, 5) is 10.1. The van der Waals surface area contributed by atoms with E-state index < -0.39 is 6.04 Å². The second-order valence-corrected chi connectivity index (χ2v) is 2.21. The number of hydrogen-bond acceptors (Lipinski definition) is 4. The largest absolute Gasteiger partial charge is 0.350 e. The highest BCUT2D eigenvalue weighted by molar-refractivity contribution is 5.56. The molecule has 4 nitrogen and oxygen atoms in total. The van der Waals surface area contributed by atoms with Gasteiger partial charge in [0.25, 0.3) is 0 Å². The van der Waals surface area contributed by atoms with E-state index in [1.807, 2.05) is 0 Å². The zero-order valence-electron chi connectivity index (χ0n) is 5.66. The zero-order chi connectivity index (χ0) is 7.40. The highest BCUT2D eigenvalue weighted by atomic mass is 16.7. The molecule has 0 bridgehead atoms. The van der Waals surface area contributed by atoms with Gasteiger partial charge in [0.1, 0.15) is 6.29 Å². The molecule has 0 amide bonds. The van der Waals surface area contributed by atoms with Gasteiger partial charge in [0.2, 0.25) is 0 Å². The molecule has 0 spiro atoms. The summed E-state index contributed by atoms with van der Waals surface area (Å²) in [5, 5.41) is 0. The van der Waals surface area contributed by atoms with Crippen LogP contribution in [0.3, 0.4) is 0 Å². The van der Waals surface area contributed by atoms with Crippen molar-refractivity contribution >= 4 is 6.29 Å². The number of ether oxygens (including phenoxy) is 2. The fourth-order valence-electron chi connectivity index (χ4n) is 0.821. The first kappa shape index (κ1) is 7.65. The van der Waals surface area contributed by atoms with Crippen molar-refractivity contribution in [3.05, 3.63) is 0 Å². The molecule has 0 aliphatic carbocycles. The van der Waals surface area contributed by atoms with E-state index >= 15 is 0 Å². The first-order valence-corrected chi connectivity index (χ1v) is 3.27. The lowest BCUT2D eigenvalue weighted by atomic mass is 10.2. The highest BCUT2D eigenvalue weighted by Gasteiger charge is 2.18. The Kier molecular flexibility index (Phi) is 2.80. The third-order valence-electron chi connectivity index (χ3n) is 1.33. The van der Waals surface area contributed by atoms with Crippen LogP contribution in [0.1, 0.15) is 6.42 Å². The summed E-state index contributed by atoms with van der Waals surface area (Å²) in [6, 6.07) is -0.455. The summed E-state index contributed by atoms with van der Waals surface area (Å²) >= 11 is 0. The topological polar surface area (TPSA) is 61.6 Å². The Hall–Kier alpha value is -0.450. The van der Waals surface area contributed by atoms with Gasteiger partial charge >= 0.3 is 0 Å². The Balaban J connectivity index is 2.17. The highest BCUT2D eigenvalue weighted by Crippen LogP contribution is 2.08. The maximum absolute atomic E-state index is 10.1. The van der Waals surface area contributed by atoms with Crippen LogP contribution in [0.2, 0.25) is 0 Å². The van der Waals surface area contributed by atoms with Crippen LogP contribution in [0.25, 0.3) is 0 Å². The van der Waals surface area contributed by atoms with E-state index in [4.69, 9.17) is 15.2 Å². The van der Waals surface area contributed by atoms with Crippen molar-refractivity contribution in [1.82, 2.24) is 0 Å². The van der Waals surface area contributed by atoms with Gasteiger partial charge in [-0.15, -0.1) is 0 Å². The van der Waals surface area contributed by atoms with Gasteiger partial charge in [-0.25, -0.2) is 0 Å². The molecule has 1 aliphatic heterocycles. The van der Waals surface area contributed by atoms with Crippen LogP contribution in [0, 0.1) is 0 Å². The van der Waals surface area contributed by atoms with Gasteiger partial charge < -0.3 is 20.0 Å². The summed E-state index contributed by atoms with van der Waals surface area (Å²) in [7, 11) is 0. The van der Waals surface area contributed by atoms with E-state index in [0.717, 1.165) is 0 Å². The SMILES string of the molecule is NC(C=O)CC1OCCO1. The number of rotatable bonds is 3. The molecule has 0 saturated carbocycles. The van der Waals surface area contributed by atoms with Crippen molar-refractivity contribution in [2.75, 3.05) is 13.2 Å². The second kappa shape index (κ2) is 3.65. The molecule has 1 atom stereocenters. The second-order valence-electron chi connectivity index (χ2n) is 2.21. The third-order valence-corrected chi connectivity index (χ3v) is 1.33. The lowest BCUT2D eigenvalue weighted by Gasteiger charge is -2.09. The van der Waals surface area contributed by atoms with Crippen molar-refractivity contribution in [3.8, 4) is 0 Å². The van der Waals surface area contributed by atoms with Gasteiger partial charge in [0.05, 0.1) is 19.3 Å². The van der Waals surface area contributed by atoms with E-state index in [1.165, 1.54) is 0 Å². The van der Waals surface area contributed by atoms with E-state index in [2.05, 4.69) is 0 Å². The van der Waals surface area contributed by atoms with Crippen LogP contribution in [-0.2, 0) is 14.3 Å². The summed E-state index contributed by atoms with van der Waals surface area (Å²) in [6.45, 7) is 1.21. The first-order chi connectivity index (χ1) is 4.83. The van der Waals surface area contributed by atoms with E-state index in [9.17, 15) is 4.79 Å². The number of nitrogens with two attached hydrogens (primary N) is 1. The summed E-state index contributed by atoms with van der Waals surface area (Å²) in [6.07, 6.45) is 0.898. The van der Waals surface area contributed by atoms with Crippen LogP contribution in [-0.4, -0.2) is 31.8 Å². The third kappa shape index (κ3) is 2.06. The molecule has 2 N–H and O–H groups in total. The smallest absolute Gasteiger partial charge is 0.159 e. The maximum Gasteiger partial charge on any atom is 0.159 e. The normalized spacial score (nSPS) is 22.9. The predicted octanol–water partition coefficient (Wildman–Crippen LogP) is -0.724. The molecule has 0 aromatic heterocycles. The minimum absolute atomic E-state index is 0.264. The predicted molar refractivity (Wildman–Crippen MR) is 34.3 cm³/mol. The standard InChI is InChI=1S/C6H11NO3/c7-5(4-8)3-6-9-1-2-10-6/h4-6H,1-3,7H2. The van der Waals surface area contributed by atoms with E-state index in [1.54, 1.807) is 0 Å². The zero-order valence-corrected chi connectivity index (χ0v) is 5.66. The molecule has 58 valence electrons. The molecule has 1 unspecified atom stereocenters. The molecule has 0 aromatic carbocycles. The van der Waals surface area contributed by atoms with Gasteiger partial charge in [0.15, 0.2) is 6.29 Å². The van der Waals surface area contributed by atoms with Gasteiger partial charge in [-0.1, -0.05) is 0 Å². The molecule has 1 heterocycles. The van der Waals surface area contributed by atoms with Gasteiger partial charge in [-0.3, -0.25) is 0 Å². The number of hydrogen-bond donors (Lipinski definition) is 1. The molecule has 1 fully saturated rings. The summed E-state index contributed by atoms with van der Waals surface area (Å²) < 4.78 is 10.1. The van der Waals surface area contributed by atoms with Gasteiger partial charge in [-0.05, 0) is 0 Å². The summed E-state index contributed by atoms with van der Waals surface area (Å²) in [5.74, 6) is 0. The lowest BCUT2D eigenvalue weighted by Crippen LogP contribution is -2.27. The molecule has 1 rings (SSSR count). The van der Waals surface area contributed by atoms with Crippen LogP contribution in [0.15, 0.2) is 0 Å². The number of carbonyl (C=O) groups is 1. The number of aldehydes is 1. The van der Waals surface area contributed by atoms with Gasteiger partial charge in [0, 0.05) is 6.42 Å². The van der Waals surface area contributed by atoms with Crippen molar-refractivity contribution in [3.63, 3.8) is 0 Å². The minimum atomic E-state index is -0.455. The number of carbonyl (C=O) groups excluding carboxylic acids is 1. The fraction of sp³-hybridized carbons (Fsp3) is 0.833. The quantitative estimate of drug-likeness (QED) is 0.532. The van der Waals surface area contributed by atoms with E-state index in [0.29, 0.717) is 25.9 Å². The Morgan fingerprint density at radius 2 is 2.20 bits per heavy atom. The van der Waals surface area contributed by atoms with E-state index in [-0.39, 0.29) is 6.29 Å². The summed E-state index contributed by atoms with van der Waals surface area (Å²) in [5.41, 5.74) is 5.32. The molecular weight excluding hydrogens is 134 g/mol. The van der Waals surface area contributed by atoms with Crippen LogP contribution in [0.4, 0.5) is 0 Å². The maximum atomic E-state index is 10.1. The first-order valence-electron chi connectivity index (χ1n) is 3.27. The van der Waals surface area contributed by atoms with Crippen LogP contribution in [0.5, 0.6) is 0 Å². The minimum Gasteiger partial charge on any atom is -0.350 e. The van der Waals surface area contributed by atoms with Crippen molar-refractivity contribution in [1.29, 1.82) is 0 Å².